The molecule has 0 aromatic heterocycles. The van der Waals surface area contributed by atoms with Gasteiger partial charge in [-0.15, -0.1) is 0 Å². The predicted octanol–water partition coefficient (Wildman–Crippen LogP) is 4.69. The highest BCUT2D eigenvalue weighted by molar-refractivity contribution is 9.10. The first-order chi connectivity index (χ1) is 14.8. The number of imide groups is 1. The Morgan fingerprint density at radius 3 is 2.71 bits per heavy atom. The molecule has 1 heterocycles. The van der Waals surface area contributed by atoms with Crippen LogP contribution < -0.4 is 9.47 Å². The van der Waals surface area contributed by atoms with Gasteiger partial charge in [0.2, 0.25) is 0 Å². The van der Waals surface area contributed by atoms with Crippen molar-refractivity contribution >= 4 is 50.9 Å². The molecular weight excluding hydrogens is 493 g/mol. The van der Waals surface area contributed by atoms with Crippen LogP contribution in [0.4, 0.5) is 9.18 Å². The van der Waals surface area contributed by atoms with E-state index in [-0.39, 0.29) is 17.3 Å². The van der Waals surface area contributed by atoms with Gasteiger partial charge in [-0.2, -0.15) is 0 Å². The number of halogens is 2. The maximum atomic E-state index is 13.4. The van der Waals surface area contributed by atoms with Gasteiger partial charge in [0.25, 0.3) is 11.1 Å². The Morgan fingerprint density at radius 1 is 1.26 bits per heavy atom. The summed E-state index contributed by atoms with van der Waals surface area (Å²) in [5, 5.41) is 8.22. The third kappa shape index (κ3) is 5.65. The van der Waals surface area contributed by atoms with E-state index in [4.69, 9.17) is 14.6 Å². The molecule has 1 N–H and O–H groups in total. The number of nitrogens with zero attached hydrogens (tertiary/aromatic N) is 1. The summed E-state index contributed by atoms with van der Waals surface area (Å²) in [4.78, 5) is 35.9. The molecule has 1 aliphatic rings. The van der Waals surface area contributed by atoms with Crippen molar-refractivity contribution in [1.82, 2.24) is 4.90 Å². The van der Waals surface area contributed by atoms with Gasteiger partial charge in [-0.05, 0) is 76.1 Å². The highest BCUT2D eigenvalue weighted by Crippen LogP contribution is 2.39. The molecule has 0 unspecified atom stereocenters. The van der Waals surface area contributed by atoms with E-state index in [9.17, 15) is 18.8 Å². The van der Waals surface area contributed by atoms with E-state index < -0.39 is 23.7 Å². The van der Waals surface area contributed by atoms with Crippen LogP contribution in [0.15, 0.2) is 45.8 Å². The Kier molecular flexibility index (Phi) is 7.34. The van der Waals surface area contributed by atoms with Crippen LogP contribution in [0.1, 0.15) is 18.1 Å². The fourth-order valence-electron chi connectivity index (χ4n) is 2.78. The minimum atomic E-state index is -1.27. The van der Waals surface area contributed by atoms with Crippen LogP contribution in [0.3, 0.4) is 0 Å². The Bertz CT molecular complexity index is 1070. The summed E-state index contributed by atoms with van der Waals surface area (Å²) in [7, 11) is 0. The number of rotatable bonds is 8. The maximum Gasteiger partial charge on any atom is 0.323 e. The number of carboxylic acids is 1. The van der Waals surface area contributed by atoms with Gasteiger partial charge in [-0.3, -0.25) is 19.3 Å². The number of ether oxygens (including phenoxy) is 2. The van der Waals surface area contributed by atoms with Gasteiger partial charge < -0.3 is 14.6 Å². The third-order valence-electron chi connectivity index (χ3n) is 4.07. The summed E-state index contributed by atoms with van der Waals surface area (Å²) in [6.45, 7) is 1.57. The number of amides is 2. The number of thioether (sulfide) groups is 1. The lowest BCUT2D eigenvalue weighted by Gasteiger charge is -2.15. The Morgan fingerprint density at radius 2 is 2.03 bits per heavy atom. The number of carbonyl (C=O) groups is 3. The van der Waals surface area contributed by atoms with Gasteiger partial charge in [-0.25, -0.2) is 4.39 Å². The molecule has 3 rings (SSSR count). The van der Waals surface area contributed by atoms with Crippen molar-refractivity contribution < 1.29 is 33.4 Å². The molecule has 0 aliphatic carbocycles. The quantitative estimate of drug-likeness (QED) is 0.516. The van der Waals surface area contributed by atoms with Crippen molar-refractivity contribution in [2.75, 3.05) is 13.2 Å². The van der Waals surface area contributed by atoms with E-state index in [1.807, 2.05) is 0 Å². The molecule has 2 amide bonds. The summed E-state index contributed by atoms with van der Waals surface area (Å²) < 4.78 is 25.4. The molecule has 1 aliphatic heterocycles. The monoisotopic (exact) mass is 509 g/mol. The Balaban J connectivity index is 1.86. The summed E-state index contributed by atoms with van der Waals surface area (Å²) in [6.07, 6.45) is 1.48. The van der Waals surface area contributed by atoms with Crippen molar-refractivity contribution in [3.05, 3.63) is 62.7 Å². The van der Waals surface area contributed by atoms with Gasteiger partial charge in [0, 0.05) is 0 Å². The van der Waals surface area contributed by atoms with E-state index in [2.05, 4.69) is 15.9 Å². The predicted molar refractivity (Wildman–Crippen MR) is 116 cm³/mol. The fraction of sp³-hybridized carbons (Fsp3) is 0.190. The van der Waals surface area contributed by atoms with E-state index in [1.54, 1.807) is 31.2 Å². The Labute approximate surface area is 189 Å². The SMILES string of the molecule is CCOc1cc(/C=C2/SC(=O)N(CC(=O)O)C2=O)cc(Br)c1OCc1cccc(F)c1. The fourth-order valence-corrected chi connectivity index (χ4v) is 4.19. The lowest BCUT2D eigenvalue weighted by molar-refractivity contribution is -0.140. The second kappa shape index (κ2) is 9.97. The first-order valence-electron chi connectivity index (χ1n) is 9.09. The molecule has 2 aromatic carbocycles. The van der Waals surface area contributed by atoms with Crippen molar-refractivity contribution in [3.63, 3.8) is 0 Å². The van der Waals surface area contributed by atoms with E-state index in [0.717, 1.165) is 0 Å². The van der Waals surface area contributed by atoms with Crippen molar-refractivity contribution in [3.8, 4) is 11.5 Å². The van der Waals surface area contributed by atoms with Crippen LogP contribution in [0.25, 0.3) is 6.08 Å². The molecule has 0 atom stereocenters. The number of carboxylic acid groups (broad SMARTS) is 1. The average Bonchev–Trinajstić information content (AvgIpc) is 2.94. The maximum absolute atomic E-state index is 13.4. The lowest BCUT2D eigenvalue weighted by Crippen LogP contribution is -2.33. The van der Waals surface area contributed by atoms with Gasteiger partial charge in [0.15, 0.2) is 11.5 Å². The molecule has 0 spiro atoms. The van der Waals surface area contributed by atoms with E-state index in [1.165, 1.54) is 18.2 Å². The molecule has 162 valence electrons. The van der Waals surface area contributed by atoms with Gasteiger partial charge in [0.1, 0.15) is 19.0 Å². The van der Waals surface area contributed by atoms with Crippen LogP contribution in [-0.4, -0.2) is 40.3 Å². The molecular formula is C21H17BrFNO6S. The smallest absolute Gasteiger partial charge is 0.323 e. The van der Waals surface area contributed by atoms with Gasteiger partial charge >= 0.3 is 5.97 Å². The van der Waals surface area contributed by atoms with Crippen molar-refractivity contribution in [1.29, 1.82) is 0 Å². The van der Waals surface area contributed by atoms with Crippen molar-refractivity contribution in [2.24, 2.45) is 0 Å². The lowest BCUT2D eigenvalue weighted by atomic mass is 10.1. The minimum Gasteiger partial charge on any atom is -0.490 e. The summed E-state index contributed by atoms with van der Waals surface area (Å²) in [5.74, 6) is -1.51. The van der Waals surface area contributed by atoms with E-state index in [0.29, 0.717) is 50.4 Å². The number of benzene rings is 2. The number of carbonyl (C=O) groups excluding carboxylic acids is 2. The number of aliphatic carboxylic acids is 1. The molecule has 10 heteroatoms. The van der Waals surface area contributed by atoms with Gasteiger partial charge in [0.05, 0.1) is 16.0 Å². The zero-order valence-electron chi connectivity index (χ0n) is 16.3. The summed E-state index contributed by atoms with van der Waals surface area (Å²) in [5.41, 5.74) is 1.19. The van der Waals surface area contributed by atoms with Crippen LogP contribution in [-0.2, 0) is 16.2 Å². The molecule has 2 aromatic rings. The highest BCUT2D eigenvalue weighted by Gasteiger charge is 2.36. The summed E-state index contributed by atoms with van der Waals surface area (Å²) in [6, 6.07) is 9.36. The Hall–Kier alpha value is -2.85. The number of hydrogen-bond acceptors (Lipinski definition) is 6. The van der Waals surface area contributed by atoms with Crippen molar-refractivity contribution in [2.45, 2.75) is 13.5 Å². The molecule has 0 radical (unpaired) electrons. The zero-order valence-corrected chi connectivity index (χ0v) is 18.7. The molecule has 1 saturated heterocycles. The van der Waals surface area contributed by atoms with Crippen LogP contribution >= 0.6 is 27.7 Å². The second-order valence-electron chi connectivity index (χ2n) is 6.34. The molecule has 31 heavy (non-hydrogen) atoms. The molecule has 1 fully saturated rings. The first kappa shape index (κ1) is 22.8. The second-order valence-corrected chi connectivity index (χ2v) is 8.19. The number of hydrogen-bond donors (Lipinski definition) is 1. The zero-order chi connectivity index (χ0) is 22.5. The average molecular weight is 510 g/mol. The topological polar surface area (TPSA) is 93.1 Å². The largest absolute Gasteiger partial charge is 0.490 e. The third-order valence-corrected chi connectivity index (χ3v) is 5.57. The normalized spacial score (nSPS) is 14.9. The minimum absolute atomic E-state index is 0.106. The standard InChI is InChI=1S/C21H17BrFNO6S/c1-2-29-16-8-13(9-17-20(27)24(10-18(25)26)21(28)31-17)7-15(22)19(16)30-11-12-4-3-5-14(23)6-12/h3-9H,2,10-11H2,1H3,(H,25,26)/b17-9+. The highest BCUT2D eigenvalue weighted by atomic mass is 79.9. The first-order valence-corrected chi connectivity index (χ1v) is 10.7. The molecule has 7 nitrogen and oxygen atoms in total. The van der Waals surface area contributed by atoms with E-state index >= 15 is 0 Å². The summed E-state index contributed by atoms with van der Waals surface area (Å²) >= 11 is 4.09. The molecule has 0 bridgehead atoms. The molecule has 0 saturated carbocycles. The van der Waals surface area contributed by atoms with Gasteiger partial charge in [-0.1, -0.05) is 12.1 Å². The van der Waals surface area contributed by atoms with Crippen LogP contribution in [0, 0.1) is 5.82 Å². The van der Waals surface area contributed by atoms with Crippen LogP contribution in [0.5, 0.6) is 11.5 Å². The van der Waals surface area contributed by atoms with Crippen LogP contribution in [0.2, 0.25) is 0 Å².